The largest absolute Gasteiger partial charge is 0.416 e. The summed E-state index contributed by atoms with van der Waals surface area (Å²) in [5, 5.41) is 2.89. The van der Waals surface area contributed by atoms with Gasteiger partial charge >= 0.3 is 6.18 Å². The third-order valence-electron chi connectivity index (χ3n) is 2.54. The summed E-state index contributed by atoms with van der Waals surface area (Å²) in [6.07, 6.45) is -3.37. The van der Waals surface area contributed by atoms with Crippen molar-refractivity contribution < 1.29 is 21.6 Å². The molecule has 0 heterocycles. The molecular weight excluding hydrogens is 279 g/mol. The maximum atomic E-state index is 12.6. The smallest absolute Gasteiger partial charge is 0.309 e. The first-order valence-electron chi connectivity index (χ1n) is 5.71. The predicted molar refractivity (Wildman–Crippen MR) is 67.6 cm³/mol. The molecule has 7 heteroatoms. The normalized spacial score (nSPS) is 14.4. The Bertz CT molecular complexity index is 526. The Balaban J connectivity index is 3.09. The first kappa shape index (κ1) is 16.0. The number of benzene rings is 1. The van der Waals surface area contributed by atoms with E-state index in [4.69, 9.17) is 0 Å². The minimum absolute atomic E-state index is 0.234. The third-order valence-corrected chi connectivity index (χ3v) is 3.48. The lowest BCUT2D eigenvalue weighted by molar-refractivity contribution is -0.137. The summed E-state index contributed by atoms with van der Waals surface area (Å²) >= 11 is 0. The predicted octanol–water partition coefficient (Wildman–Crippen LogP) is 2.40. The molecule has 3 nitrogen and oxygen atoms in total. The lowest BCUT2D eigenvalue weighted by Crippen LogP contribution is -2.28. The third kappa shape index (κ3) is 5.20. The van der Waals surface area contributed by atoms with E-state index in [-0.39, 0.29) is 5.75 Å². The highest BCUT2D eigenvalue weighted by atomic mass is 32.2. The molecule has 1 N–H and O–H groups in total. The highest BCUT2D eigenvalue weighted by Crippen LogP contribution is 2.30. The van der Waals surface area contributed by atoms with Crippen molar-refractivity contribution in [2.75, 3.05) is 18.6 Å². The molecule has 0 aliphatic carbocycles. The molecule has 0 aliphatic heterocycles. The van der Waals surface area contributed by atoms with Gasteiger partial charge in [-0.2, -0.15) is 13.2 Å². The van der Waals surface area contributed by atoms with Crippen molar-refractivity contribution in [2.45, 2.75) is 19.1 Å². The SMILES string of the molecule is CCNC(CS(C)(=O)=O)c1cccc(C(F)(F)F)c1. The van der Waals surface area contributed by atoms with Crippen LogP contribution in [-0.4, -0.2) is 27.0 Å². The second kappa shape index (κ2) is 5.92. The zero-order valence-corrected chi connectivity index (χ0v) is 11.5. The minimum atomic E-state index is -4.43. The van der Waals surface area contributed by atoms with Crippen molar-refractivity contribution in [3.63, 3.8) is 0 Å². The zero-order chi connectivity index (χ0) is 14.7. The van der Waals surface area contributed by atoms with E-state index in [2.05, 4.69) is 5.32 Å². The lowest BCUT2D eigenvalue weighted by Gasteiger charge is -2.18. The summed E-state index contributed by atoms with van der Waals surface area (Å²) in [6.45, 7) is 2.24. The number of alkyl halides is 3. The number of hydrogen-bond donors (Lipinski definition) is 1. The van der Waals surface area contributed by atoms with Crippen LogP contribution >= 0.6 is 0 Å². The van der Waals surface area contributed by atoms with Crippen molar-refractivity contribution in [1.29, 1.82) is 0 Å². The summed E-state index contributed by atoms with van der Waals surface area (Å²) in [5.41, 5.74) is -0.455. The number of sulfone groups is 1. The van der Waals surface area contributed by atoms with E-state index in [0.29, 0.717) is 12.1 Å². The van der Waals surface area contributed by atoms with Crippen LogP contribution in [0, 0.1) is 0 Å². The molecule has 1 aromatic carbocycles. The molecule has 0 amide bonds. The van der Waals surface area contributed by atoms with Gasteiger partial charge in [-0.3, -0.25) is 0 Å². The molecule has 0 fully saturated rings. The molecule has 0 bridgehead atoms. The van der Waals surface area contributed by atoms with E-state index >= 15 is 0 Å². The molecule has 1 rings (SSSR count). The maximum absolute atomic E-state index is 12.6. The highest BCUT2D eigenvalue weighted by molar-refractivity contribution is 7.90. The van der Waals surface area contributed by atoms with E-state index in [0.717, 1.165) is 18.4 Å². The Morgan fingerprint density at radius 3 is 2.42 bits per heavy atom. The zero-order valence-electron chi connectivity index (χ0n) is 10.7. The van der Waals surface area contributed by atoms with Crippen LogP contribution < -0.4 is 5.32 Å². The monoisotopic (exact) mass is 295 g/mol. The average Bonchev–Trinajstić information content (AvgIpc) is 2.26. The van der Waals surface area contributed by atoms with Crippen LogP contribution in [0.15, 0.2) is 24.3 Å². The molecule has 1 aromatic rings. The van der Waals surface area contributed by atoms with Crippen LogP contribution in [0.1, 0.15) is 24.1 Å². The van der Waals surface area contributed by atoms with Gasteiger partial charge in [0, 0.05) is 12.3 Å². The molecule has 0 saturated carbocycles. The van der Waals surface area contributed by atoms with Crippen molar-refractivity contribution in [2.24, 2.45) is 0 Å². The van der Waals surface area contributed by atoms with Crippen molar-refractivity contribution in [3.8, 4) is 0 Å². The molecule has 0 aromatic heterocycles. The summed E-state index contributed by atoms with van der Waals surface area (Å²) < 4.78 is 60.5. The van der Waals surface area contributed by atoms with E-state index in [1.165, 1.54) is 12.1 Å². The van der Waals surface area contributed by atoms with Gasteiger partial charge in [0.05, 0.1) is 11.3 Å². The summed E-state index contributed by atoms with van der Waals surface area (Å²) in [7, 11) is -3.29. The van der Waals surface area contributed by atoms with Gasteiger partial charge in [-0.25, -0.2) is 8.42 Å². The minimum Gasteiger partial charge on any atom is -0.309 e. The van der Waals surface area contributed by atoms with Crippen molar-refractivity contribution >= 4 is 9.84 Å². The molecule has 0 radical (unpaired) electrons. The Hall–Kier alpha value is -1.08. The summed E-state index contributed by atoms with van der Waals surface area (Å²) in [6, 6.07) is 4.09. The first-order chi connectivity index (χ1) is 8.63. The van der Waals surface area contributed by atoms with Crippen LogP contribution in [-0.2, 0) is 16.0 Å². The molecule has 1 unspecified atom stereocenters. The quantitative estimate of drug-likeness (QED) is 0.907. The van der Waals surface area contributed by atoms with Crippen molar-refractivity contribution in [1.82, 2.24) is 5.32 Å². The molecule has 0 saturated heterocycles. The Morgan fingerprint density at radius 1 is 1.32 bits per heavy atom. The Kier molecular flexibility index (Phi) is 4.98. The molecule has 0 spiro atoms. The van der Waals surface area contributed by atoms with E-state index in [9.17, 15) is 21.6 Å². The van der Waals surface area contributed by atoms with E-state index in [1.807, 2.05) is 0 Å². The fourth-order valence-electron chi connectivity index (χ4n) is 1.75. The molecule has 19 heavy (non-hydrogen) atoms. The summed E-state index contributed by atoms with van der Waals surface area (Å²) in [5.74, 6) is -0.234. The van der Waals surface area contributed by atoms with E-state index in [1.54, 1.807) is 6.92 Å². The second-order valence-electron chi connectivity index (χ2n) is 4.33. The fraction of sp³-hybridized carbons (Fsp3) is 0.500. The van der Waals surface area contributed by atoms with Crippen LogP contribution in [0.25, 0.3) is 0 Å². The van der Waals surface area contributed by atoms with Gasteiger partial charge in [0.25, 0.3) is 0 Å². The maximum Gasteiger partial charge on any atom is 0.416 e. The summed E-state index contributed by atoms with van der Waals surface area (Å²) in [4.78, 5) is 0. The standard InChI is InChI=1S/C12H16F3NO2S/c1-3-16-11(8-19(2,17)18)9-5-4-6-10(7-9)12(13,14)15/h4-7,11,16H,3,8H2,1-2H3. The van der Waals surface area contributed by atoms with Gasteiger partial charge in [-0.05, 0) is 24.2 Å². The van der Waals surface area contributed by atoms with Gasteiger partial charge in [0.1, 0.15) is 9.84 Å². The number of nitrogens with one attached hydrogen (secondary N) is 1. The lowest BCUT2D eigenvalue weighted by atomic mass is 10.0. The van der Waals surface area contributed by atoms with Crippen LogP contribution in [0.4, 0.5) is 13.2 Å². The second-order valence-corrected chi connectivity index (χ2v) is 6.51. The average molecular weight is 295 g/mol. The van der Waals surface area contributed by atoms with Crippen LogP contribution in [0.2, 0.25) is 0 Å². The molecule has 108 valence electrons. The Labute approximate surface area is 110 Å². The molecular formula is C12H16F3NO2S. The van der Waals surface area contributed by atoms with Crippen molar-refractivity contribution in [3.05, 3.63) is 35.4 Å². The van der Waals surface area contributed by atoms with Gasteiger partial charge in [0.2, 0.25) is 0 Å². The highest BCUT2D eigenvalue weighted by Gasteiger charge is 2.31. The molecule has 1 atom stereocenters. The fourth-order valence-corrected chi connectivity index (χ4v) is 2.67. The van der Waals surface area contributed by atoms with Gasteiger partial charge in [0.15, 0.2) is 0 Å². The first-order valence-corrected chi connectivity index (χ1v) is 7.78. The van der Waals surface area contributed by atoms with Crippen LogP contribution in [0.3, 0.4) is 0 Å². The van der Waals surface area contributed by atoms with E-state index < -0.39 is 27.6 Å². The van der Waals surface area contributed by atoms with Gasteiger partial charge in [-0.1, -0.05) is 19.1 Å². The Morgan fingerprint density at radius 2 is 1.95 bits per heavy atom. The topological polar surface area (TPSA) is 46.2 Å². The van der Waals surface area contributed by atoms with Crippen LogP contribution in [0.5, 0.6) is 0 Å². The van der Waals surface area contributed by atoms with Gasteiger partial charge < -0.3 is 5.32 Å². The number of hydrogen-bond acceptors (Lipinski definition) is 3. The number of halogens is 3. The molecule has 0 aliphatic rings. The van der Waals surface area contributed by atoms with Gasteiger partial charge in [-0.15, -0.1) is 0 Å². The number of rotatable bonds is 5.